The zero-order valence-corrected chi connectivity index (χ0v) is 10.4. The molecule has 2 aromatic carbocycles. The summed E-state index contributed by atoms with van der Waals surface area (Å²) in [6, 6.07) is 13.7. The number of nitrogens with zero attached hydrogens (tertiary/aromatic N) is 1. The number of rotatable bonds is 3. The summed E-state index contributed by atoms with van der Waals surface area (Å²) in [5.41, 5.74) is 1.50. The van der Waals surface area contributed by atoms with Crippen molar-refractivity contribution in [2.24, 2.45) is 0 Å². The zero-order chi connectivity index (χ0) is 13.9. The molecule has 100 valence electrons. The lowest BCUT2D eigenvalue weighted by Gasteiger charge is -2.01. The summed E-state index contributed by atoms with van der Waals surface area (Å²) < 4.78 is 5.57. The van der Waals surface area contributed by atoms with E-state index in [1.54, 1.807) is 54.7 Å². The largest absolute Gasteiger partial charge is 0.508 e. The molecule has 0 spiro atoms. The highest BCUT2D eigenvalue weighted by molar-refractivity contribution is 5.60. The molecule has 1 heterocycles. The van der Waals surface area contributed by atoms with Gasteiger partial charge in [0.25, 0.3) is 6.01 Å². The molecule has 1 aromatic heterocycles. The van der Waals surface area contributed by atoms with Crippen molar-refractivity contribution in [3.63, 3.8) is 0 Å². The van der Waals surface area contributed by atoms with Gasteiger partial charge in [0.15, 0.2) is 5.76 Å². The predicted octanol–water partition coefficient (Wildman–Crippen LogP) is 3.50. The highest BCUT2D eigenvalue weighted by atomic mass is 16.4. The molecule has 3 rings (SSSR count). The lowest BCUT2D eigenvalue weighted by atomic mass is 10.2. The standard InChI is InChI=1S/C15H12N2O3/c18-12-6-4-10(5-7-12)14-9-16-15(20-14)17-11-2-1-3-13(19)8-11/h1-9,18-19H,(H,16,17). The van der Waals surface area contributed by atoms with Crippen molar-refractivity contribution in [1.82, 2.24) is 4.98 Å². The van der Waals surface area contributed by atoms with E-state index in [0.29, 0.717) is 17.5 Å². The topological polar surface area (TPSA) is 78.5 Å². The molecular weight excluding hydrogens is 256 g/mol. The first-order valence-corrected chi connectivity index (χ1v) is 6.02. The van der Waals surface area contributed by atoms with Crippen molar-refractivity contribution in [2.75, 3.05) is 5.32 Å². The number of anilines is 2. The van der Waals surface area contributed by atoms with Crippen LogP contribution in [0, 0.1) is 0 Å². The van der Waals surface area contributed by atoms with Crippen molar-refractivity contribution in [2.45, 2.75) is 0 Å². The first kappa shape index (κ1) is 12.1. The van der Waals surface area contributed by atoms with Crippen LogP contribution in [0.25, 0.3) is 11.3 Å². The molecule has 0 atom stereocenters. The molecule has 0 aliphatic heterocycles. The van der Waals surface area contributed by atoms with Crippen LogP contribution in [-0.2, 0) is 0 Å². The molecule has 20 heavy (non-hydrogen) atoms. The van der Waals surface area contributed by atoms with Crippen LogP contribution in [0.2, 0.25) is 0 Å². The molecule has 0 bridgehead atoms. The number of oxazole rings is 1. The first-order chi connectivity index (χ1) is 9.70. The van der Waals surface area contributed by atoms with Crippen molar-refractivity contribution in [3.8, 4) is 22.8 Å². The van der Waals surface area contributed by atoms with E-state index in [1.165, 1.54) is 0 Å². The van der Waals surface area contributed by atoms with Crippen LogP contribution in [-0.4, -0.2) is 15.2 Å². The van der Waals surface area contributed by atoms with E-state index in [0.717, 1.165) is 5.56 Å². The molecular formula is C15H12N2O3. The average Bonchev–Trinajstić information content (AvgIpc) is 2.88. The van der Waals surface area contributed by atoms with Gasteiger partial charge < -0.3 is 19.9 Å². The van der Waals surface area contributed by atoms with Crippen molar-refractivity contribution >= 4 is 11.7 Å². The van der Waals surface area contributed by atoms with Crippen molar-refractivity contribution in [3.05, 3.63) is 54.7 Å². The van der Waals surface area contributed by atoms with Crippen LogP contribution in [0.1, 0.15) is 0 Å². The molecule has 0 saturated heterocycles. The third-order valence-corrected chi connectivity index (χ3v) is 2.75. The van der Waals surface area contributed by atoms with Crippen LogP contribution < -0.4 is 5.32 Å². The summed E-state index contributed by atoms with van der Waals surface area (Å²) in [4.78, 5) is 4.12. The van der Waals surface area contributed by atoms with Crippen molar-refractivity contribution in [1.29, 1.82) is 0 Å². The van der Waals surface area contributed by atoms with Gasteiger partial charge in [-0.2, -0.15) is 0 Å². The van der Waals surface area contributed by atoms with Gasteiger partial charge in [0.1, 0.15) is 11.5 Å². The Morgan fingerprint density at radius 2 is 1.75 bits per heavy atom. The highest BCUT2D eigenvalue weighted by Gasteiger charge is 2.06. The lowest BCUT2D eigenvalue weighted by molar-refractivity contribution is 0.475. The number of hydrogen-bond acceptors (Lipinski definition) is 5. The number of phenols is 2. The Morgan fingerprint density at radius 1 is 0.950 bits per heavy atom. The quantitative estimate of drug-likeness (QED) is 0.677. The van der Waals surface area contributed by atoms with E-state index in [1.807, 2.05) is 0 Å². The van der Waals surface area contributed by atoms with Gasteiger partial charge in [-0.1, -0.05) is 6.07 Å². The summed E-state index contributed by atoms with van der Waals surface area (Å²) in [6.45, 7) is 0. The van der Waals surface area contributed by atoms with Gasteiger partial charge in [-0.15, -0.1) is 0 Å². The predicted molar refractivity (Wildman–Crippen MR) is 75.0 cm³/mol. The minimum Gasteiger partial charge on any atom is -0.508 e. The Kier molecular flexibility index (Phi) is 3.01. The maximum atomic E-state index is 9.39. The van der Waals surface area contributed by atoms with Gasteiger partial charge in [-0.05, 0) is 36.4 Å². The summed E-state index contributed by atoms with van der Waals surface area (Å²) in [7, 11) is 0. The molecule has 5 heteroatoms. The minimum absolute atomic E-state index is 0.167. The maximum absolute atomic E-state index is 9.39. The average molecular weight is 268 g/mol. The maximum Gasteiger partial charge on any atom is 0.299 e. The van der Waals surface area contributed by atoms with Gasteiger partial charge in [-0.25, -0.2) is 4.98 Å². The normalized spacial score (nSPS) is 10.4. The second-order valence-electron chi connectivity index (χ2n) is 4.25. The number of aromatic hydroxyl groups is 2. The molecule has 0 radical (unpaired) electrons. The second-order valence-corrected chi connectivity index (χ2v) is 4.25. The molecule has 0 fully saturated rings. The molecule has 3 aromatic rings. The molecule has 0 amide bonds. The van der Waals surface area contributed by atoms with Crippen LogP contribution in [0.3, 0.4) is 0 Å². The summed E-state index contributed by atoms with van der Waals surface area (Å²) in [5.74, 6) is 0.958. The highest BCUT2D eigenvalue weighted by Crippen LogP contribution is 2.26. The Bertz CT molecular complexity index is 720. The van der Waals surface area contributed by atoms with Gasteiger partial charge >= 0.3 is 0 Å². The Hall–Kier alpha value is -2.95. The fraction of sp³-hybridized carbons (Fsp3) is 0. The van der Waals surface area contributed by atoms with Gasteiger partial charge in [0.2, 0.25) is 0 Å². The van der Waals surface area contributed by atoms with E-state index in [9.17, 15) is 10.2 Å². The molecule has 0 unspecified atom stereocenters. The molecule has 3 N–H and O–H groups in total. The Labute approximate surface area is 115 Å². The fourth-order valence-corrected chi connectivity index (χ4v) is 1.80. The molecule has 0 saturated carbocycles. The summed E-state index contributed by atoms with van der Waals surface area (Å²) in [6.07, 6.45) is 1.59. The monoisotopic (exact) mass is 268 g/mol. The van der Waals surface area contributed by atoms with E-state index in [4.69, 9.17) is 4.42 Å². The number of phenolic OH excluding ortho intramolecular Hbond substituents is 2. The van der Waals surface area contributed by atoms with Crippen LogP contribution in [0.4, 0.5) is 11.7 Å². The second kappa shape index (κ2) is 4.97. The number of aromatic nitrogens is 1. The smallest absolute Gasteiger partial charge is 0.299 e. The van der Waals surface area contributed by atoms with Gasteiger partial charge in [-0.3, -0.25) is 0 Å². The Morgan fingerprint density at radius 3 is 2.50 bits per heavy atom. The van der Waals surface area contributed by atoms with Crippen LogP contribution in [0.15, 0.2) is 59.1 Å². The third-order valence-electron chi connectivity index (χ3n) is 2.75. The number of hydrogen-bond donors (Lipinski definition) is 3. The molecule has 5 nitrogen and oxygen atoms in total. The van der Waals surface area contributed by atoms with E-state index < -0.39 is 0 Å². The summed E-state index contributed by atoms with van der Waals surface area (Å²) in [5, 5.41) is 21.6. The Balaban J connectivity index is 1.82. The summed E-state index contributed by atoms with van der Waals surface area (Å²) >= 11 is 0. The molecule has 0 aliphatic rings. The van der Waals surface area contributed by atoms with Gasteiger partial charge in [0, 0.05) is 17.3 Å². The number of benzene rings is 2. The van der Waals surface area contributed by atoms with Gasteiger partial charge in [0.05, 0.1) is 6.20 Å². The van der Waals surface area contributed by atoms with Crippen LogP contribution in [0.5, 0.6) is 11.5 Å². The van der Waals surface area contributed by atoms with E-state index >= 15 is 0 Å². The number of nitrogens with one attached hydrogen (secondary N) is 1. The van der Waals surface area contributed by atoms with Crippen molar-refractivity contribution < 1.29 is 14.6 Å². The molecule has 0 aliphatic carbocycles. The zero-order valence-electron chi connectivity index (χ0n) is 10.4. The third kappa shape index (κ3) is 2.56. The van der Waals surface area contributed by atoms with E-state index in [2.05, 4.69) is 10.3 Å². The fourth-order valence-electron chi connectivity index (χ4n) is 1.80. The van der Waals surface area contributed by atoms with Crippen LogP contribution >= 0.6 is 0 Å². The SMILES string of the molecule is Oc1ccc(-c2cnc(Nc3cccc(O)c3)o2)cc1. The lowest BCUT2D eigenvalue weighted by Crippen LogP contribution is -1.88. The first-order valence-electron chi connectivity index (χ1n) is 6.02. The van der Waals surface area contributed by atoms with E-state index in [-0.39, 0.29) is 11.5 Å². The minimum atomic E-state index is 0.167.